The highest BCUT2D eigenvalue weighted by molar-refractivity contribution is 5.14. The maximum atomic E-state index is 8.91. The van der Waals surface area contributed by atoms with Crippen molar-refractivity contribution in [3.63, 3.8) is 0 Å². The molecule has 2 rings (SSSR count). The fourth-order valence-corrected chi connectivity index (χ4v) is 5.04. The van der Waals surface area contributed by atoms with Gasteiger partial charge in [-0.3, -0.25) is 0 Å². The standard InChI is InChI=1S/C18H32O/c1-14-8-7-12-18(3)16(9-5-4-6-13-19)15(2)10-11-17(14)18/h14,16-17,19H,2,4-13H2,1,3H3. The minimum Gasteiger partial charge on any atom is -0.396 e. The lowest BCUT2D eigenvalue weighted by molar-refractivity contribution is -0.00737. The normalized spacial score (nSPS) is 39.1. The first-order valence-corrected chi connectivity index (χ1v) is 8.38. The molecule has 1 N–H and O–H groups in total. The summed E-state index contributed by atoms with van der Waals surface area (Å²) in [6.07, 6.45) is 11.6. The first-order chi connectivity index (χ1) is 9.09. The Kier molecular flexibility index (Phi) is 5.11. The third kappa shape index (κ3) is 3.07. The van der Waals surface area contributed by atoms with E-state index in [1.165, 1.54) is 56.9 Å². The Labute approximate surface area is 119 Å². The van der Waals surface area contributed by atoms with Gasteiger partial charge in [-0.25, -0.2) is 0 Å². The SMILES string of the molecule is C=C1CCC2C(C)CCCC2(C)C1CCCCCO. The van der Waals surface area contributed by atoms with Gasteiger partial charge in [-0.1, -0.05) is 51.7 Å². The summed E-state index contributed by atoms with van der Waals surface area (Å²) in [6.45, 7) is 9.78. The zero-order chi connectivity index (χ0) is 13.9. The molecule has 0 aromatic rings. The topological polar surface area (TPSA) is 20.2 Å². The Hall–Kier alpha value is -0.300. The molecule has 0 saturated heterocycles. The highest BCUT2D eigenvalue weighted by Crippen LogP contribution is 2.57. The average Bonchev–Trinajstić information content (AvgIpc) is 2.37. The van der Waals surface area contributed by atoms with Crippen molar-refractivity contribution in [2.75, 3.05) is 6.61 Å². The second-order valence-corrected chi connectivity index (χ2v) is 7.30. The lowest BCUT2D eigenvalue weighted by Crippen LogP contribution is -2.45. The van der Waals surface area contributed by atoms with Gasteiger partial charge >= 0.3 is 0 Å². The van der Waals surface area contributed by atoms with Crippen LogP contribution in [0.3, 0.4) is 0 Å². The minimum absolute atomic E-state index is 0.350. The average molecular weight is 264 g/mol. The molecule has 1 nitrogen and oxygen atoms in total. The molecule has 19 heavy (non-hydrogen) atoms. The van der Waals surface area contributed by atoms with E-state index in [0.29, 0.717) is 12.0 Å². The molecule has 2 aliphatic rings. The molecule has 0 aliphatic heterocycles. The molecule has 0 radical (unpaired) electrons. The van der Waals surface area contributed by atoms with Gasteiger partial charge in [0.1, 0.15) is 0 Å². The number of allylic oxidation sites excluding steroid dienone is 1. The molecule has 2 saturated carbocycles. The summed E-state index contributed by atoms with van der Waals surface area (Å²) in [5, 5.41) is 8.91. The molecule has 0 aromatic heterocycles. The van der Waals surface area contributed by atoms with Crippen molar-refractivity contribution in [2.45, 2.75) is 71.6 Å². The number of hydrogen-bond acceptors (Lipinski definition) is 1. The van der Waals surface area contributed by atoms with E-state index in [1.807, 2.05) is 0 Å². The van der Waals surface area contributed by atoms with E-state index in [2.05, 4.69) is 20.4 Å². The number of fused-ring (bicyclic) bond motifs is 1. The summed E-state index contributed by atoms with van der Waals surface area (Å²) in [5.41, 5.74) is 2.04. The molecule has 2 aliphatic carbocycles. The zero-order valence-electron chi connectivity index (χ0n) is 13.0. The Morgan fingerprint density at radius 2 is 2.05 bits per heavy atom. The molecule has 0 amide bonds. The third-order valence-corrected chi connectivity index (χ3v) is 6.13. The summed E-state index contributed by atoms with van der Waals surface area (Å²) in [4.78, 5) is 0. The summed E-state index contributed by atoms with van der Waals surface area (Å²) in [7, 11) is 0. The van der Waals surface area contributed by atoms with Crippen LogP contribution in [0.5, 0.6) is 0 Å². The fraction of sp³-hybridized carbons (Fsp3) is 0.889. The van der Waals surface area contributed by atoms with Gasteiger partial charge in [-0.15, -0.1) is 0 Å². The Bertz CT molecular complexity index is 309. The maximum Gasteiger partial charge on any atom is 0.0431 e. The van der Waals surface area contributed by atoms with Crippen LogP contribution in [0, 0.1) is 23.2 Å². The van der Waals surface area contributed by atoms with Crippen LogP contribution in [0.2, 0.25) is 0 Å². The van der Waals surface area contributed by atoms with Crippen molar-refractivity contribution in [3.05, 3.63) is 12.2 Å². The Morgan fingerprint density at radius 3 is 2.79 bits per heavy atom. The van der Waals surface area contributed by atoms with E-state index < -0.39 is 0 Å². The molecule has 0 spiro atoms. The molecule has 4 atom stereocenters. The third-order valence-electron chi connectivity index (χ3n) is 6.13. The van der Waals surface area contributed by atoms with Crippen LogP contribution in [-0.4, -0.2) is 11.7 Å². The van der Waals surface area contributed by atoms with Gasteiger partial charge in [-0.2, -0.15) is 0 Å². The van der Waals surface area contributed by atoms with Crippen LogP contribution in [0.4, 0.5) is 0 Å². The predicted octanol–water partition coefficient (Wildman–Crippen LogP) is 4.95. The monoisotopic (exact) mass is 264 g/mol. The van der Waals surface area contributed by atoms with Crippen molar-refractivity contribution in [1.82, 2.24) is 0 Å². The van der Waals surface area contributed by atoms with Gasteiger partial charge in [0, 0.05) is 6.61 Å². The predicted molar refractivity (Wildman–Crippen MR) is 82.0 cm³/mol. The first-order valence-electron chi connectivity index (χ1n) is 8.38. The largest absolute Gasteiger partial charge is 0.396 e. The molecule has 0 heterocycles. The van der Waals surface area contributed by atoms with E-state index >= 15 is 0 Å². The Balaban J connectivity index is 2.03. The summed E-state index contributed by atoms with van der Waals surface area (Å²) >= 11 is 0. The molecule has 4 unspecified atom stereocenters. The van der Waals surface area contributed by atoms with Crippen molar-refractivity contribution in [3.8, 4) is 0 Å². The zero-order valence-corrected chi connectivity index (χ0v) is 13.0. The van der Waals surface area contributed by atoms with Crippen LogP contribution >= 0.6 is 0 Å². The van der Waals surface area contributed by atoms with Crippen LogP contribution in [-0.2, 0) is 0 Å². The summed E-state index contributed by atoms with van der Waals surface area (Å²) < 4.78 is 0. The second kappa shape index (κ2) is 6.43. The van der Waals surface area contributed by atoms with Crippen LogP contribution in [0.25, 0.3) is 0 Å². The Morgan fingerprint density at radius 1 is 1.26 bits per heavy atom. The molecular formula is C18H32O. The lowest BCUT2D eigenvalue weighted by Gasteiger charge is -2.54. The van der Waals surface area contributed by atoms with E-state index in [4.69, 9.17) is 5.11 Å². The van der Waals surface area contributed by atoms with E-state index in [1.54, 1.807) is 0 Å². The number of unbranched alkanes of at least 4 members (excludes halogenated alkanes) is 2. The van der Waals surface area contributed by atoms with Gasteiger partial charge in [0.25, 0.3) is 0 Å². The van der Waals surface area contributed by atoms with Gasteiger partial charge in [0.2, 0.25) is 0 Å². The molecule has 2 fully saturated rings. The number of aliphatic hydroxyl groups excluding tert-OH is 1. The highest BCUT2D eigenvalue weighted by atomic mass is 16.2. The van der Waals surface area contributed by atoms with Gasteiger partial charge in [0.15, 0.2) is 0 Å². The number of aliphatic hydroxyl groups is 1. The second-order valence-electron chi connectivity index (χ2n) is 7.30. The van der Waals surface area contributed by atoms with Gasteiger partial charge in [0.05, 0.1) is 0 Å². The van der Waals surface area contributed by atoms with Crippen molar-refractivity contribution >= 4 is 0 Å². The molecule has 0 aromatic carbocycles. The first kappa shape index (κ1) is 15.1. The smallest absolute Gasteiger partial charge is 0.0431 e. The van der Waals surface area contributed by atoms with Crippen molar-refractivity contribution in [1.29, 1.82) is 0 Å². The molecule has 1 heteroatoms. The van der Waals surface area contributed by atoms with Crippen LogP contribution in [0.1, 0.15) is 71.6 Å². The lowest BCUT2D eigenvalue weighted by atomic mass is 9.51. The van der Waals surface area contributed by atoms with E-state index in [-0.39, 0.29) is 0 Å². The molecular weight excluding hydrogens is 232 g/mol. The van der Waals surface area contributed by atoms with Crippen molar-refractivity contribution in [2.24, 2.45) is 23.2 Å². The van der Waals surface area contributed by atoms with Gasteiger partial charge in [-0.05, 0) is 55.3 Å². The maximum absolute atomic E-state index is 8.91. The van der Waals surface area contributed by atoms with Crippen LogP contribution in [0.15, 0.2) is 12.2 Å². The van der Waals surface area contributed by atoms with Gasteiger partial charge < -0.3 is 5.11 Å². The highest BCUT2D eigenvalue weighted by Gasteiger charge is 2.48. The van der Waals surface area contributed by atoms with E-state index in [0.717, 1.165) is 24.2 Å². The van der Waals surface area contributed by atoms with Crippen molar-refractivity contribution < 1.29 is 5.11 Å². The minimum atomic E-state index is 0.350. The van der Waals surface area contributed by atoms with Crippen LogP contribution < -0.4 is 0 Å². The quantitative estimate of drug-likeness (QED) is 0.550. The number of hydrogen-bond donors (Lipinski definition) is 1. The summed E-state index contributed by atoms with van der Waals surface area (Å²) in [5.74, 6) is 2.58. The fourth-order valence-electron chi connectivity index (χ4n) is 5.04. The number of rotatable bonds is 5. The summed E-state index contributed by atoms with van der Waals surface area (Å²) in [6, 6.07) is 0. The van der Waals surface area contributed by atoms with E-state index in [9.17, 15) is 0 Å². The molecule has 0 bridgehead atoms. The molecule has 110 valence electrons.